The highest BCUT2D eigenvalue weighted by Crippen LogP contribution is 2.46. The number of aromatic nitrogens is 1. The number of hydrazine groups is 1. The second-order valence-corrected chi connectivity index (χ2v) is 5.18. The zero-order valence-corrected chi connectivity index (χ0v) is 10.8. The van der Waals surface area contributed by atoms with Crippen LogP contribution in [0.15, 0.2) is 18.5 Å². The molecule has 1 fully saturated rings. The number of alkyl halides is 3. The molecule has 1 saturated carbocycles. The third-order valence-corrected chi connectivity index (χ3v) is 3.93. The molecule has 3 nitrogen and oxygen atoms in total. The number of rotatable bonds is 3. The molecule has 20 heavy (non-hydrogen) atoms. The molecule has 1 heterocycles. The van der Waals surface area contributed by atoms with Gasteiger partial charge in [-0.15, -0.1) is 0 Å². The SMILES string of the molecule is NNC(c1cncc(F)c1)C1CCCCC1C(F)(F)F. The Morgan fingerprint density at radius 2 is 1.95 bits per heavy atom. The van der Waals surface area contributed by atoms with Crippen LogP contribution >= 0.6 is 0 Å². The van der Waals surface area contributed by atoms with E-state index >= 15 is 0 Å². The van der Waals surface area contributed by atoms with Gasteiger partial charge in [-0.25, -0.2) is 4.39 Å². The molecule has 3 N–H and O–H groups in total. The largest absolute Gasteiger partial charge is 0.392 e. The van der Waals surface area contributed by atoms with Gasteiger partial charge in [-0.2, -0.15) is 13.2 Å². The first-order chi connectivity index (χ1) is 9.43. The molecule has 0 aromatic carbocycles. The van der Waals surface area contributed by atoms with E-state index in [-0.39, 0.29) is 6.42 Å². The molecule has 1 aliphatic carbocycles. The predicted octanol–water partition coefficient (Wildman–Crippen LogP) is 3.09. The summed E-state index contributed by atoms with van der Waals surface area (Å²) in [4.78, 5) is 3.68. The fourth-order valence-electron chi connectivity index (χ4n) is 3.03. The molecule has 0 amide bonds. The zero-order chi connectivity index (χ0) is 14.8. The number of nitrogens with one attached hydrogen (secondary N) is 1. The summed E-state index contributed by atoms with van der Waals surface area (Å²) >= 11 is 0. The maximum Gasteiger partial charge on any atom is 0.392 e. The van der Waals surface area contributed by atoms with E-state index in [0.29, 0.717) is 18.4 Å². The summed E-state index contributed by atoms with van der Waals surface area (Å²) in [6.45, 7) is 0. The number of nitrogens with zero attached hydrogens (tertiary/aromatic N) is 1. The summed E-state index contributed by atoms with van der Waals surface area (Å²) in [5, 5.41) is 0. The lowest BCUT2D eigenvalue weighted by molar-refractivity contribution is -0.199. The molecular weight excluding hydrogens is 274 g/mol. The molecule has 1 aromatic rings. The normalized spacial score (nSPS) is 25.4. The van der Waals surface area contributed by atoms with Crippen molar-refractivity contribution in [1.29, 1.82) is 0 Å². The minimum Gasteiger partial charge on any atom is -0.271 e. The monoisotopic (exact) mass is 291 g/mol. The number of halogens is 4. The van der Waals surface area contributed by atoms with E-state index in [1.165, 1.54) is 12.3 Å². The molecule has 3 atom stereocenters. The standard InChI is InChI=1S/C13H17F4N3/c14-9-5-8(6-19-7-9)12(20-18)10-3-1-2-4-11(10)13(15,16)17/h5-7,10-12,20H,1-4,18H2. The maximum atomic E-state index is 13.2. The van der Waals surface area contributed by atoms with Crippen molar-refractivity contribution in [2.24, 2.45) is 17.7 Å². The van der Waals surface area contributed by atoms with Gasteiger partial charge < -0.3 is 0 Å². The Morgan fingerprint density at radius 1 is 1.25 bits per heavy atom. The highest BCUT2D eigenvalue weighted by molar-refractivity contribution is 5.16. The topological polar surface area (TPSA) is 50.9 Å². The summed E-state index contributed by atoms with van der Waals surface area (Å²) in [5.74, 6) is 2.73. The number of hydrogen-bond acceptors (Lipinski definition) is 3. The number of nitrogens with two attached hydrogens (primary N) is 1. The fourth-order valence-corrected chi connectivity index (χ4v) is 3.03. The van der Waals surface area contributed by atoms with Gasteiger partial charge in [-0.1, -0.05) is 12.8 Å². The van der Waals surface area contributed by atoms with Crippen LogP contribution in [0, 0.1) is 17.7 Å². The molecule has 3 unspecified atom stereocenters. The summed E-state index contributed by atoms with van der Waals surface area (Å²) in [6.07, 6.45) is -0.113. The first-order valence-corrected chi connectivity index (χ1v) is 6.56. The van der Waals surface area contributed by atoms with E-state index in [4.69, 9.17) is 5.84 Å². The van der Waals surface area contributed by atoms with Gasteiger partial charge in [0.25, 0.3) is 0 Å². The lowest BCUT2D eigenvalue weighted by Gasteiger charge is -2.37. The number of hydrogen-bond donors (Lipinski definition) is 2. The third-order valence-electron chi connectivity index (χ3n) is 3.93. The van der Waals surface area contributed by atoms with Gasteiger partial charge in [0.2, 0.25) is 0 Å². The van der Waals surface area contributed by atoms with Crippen molar-refractivity contribution in [2.75, 3.05) is 0 Å². The Balaban J connectivity index is 2.29. The van der Waals surface area contributed by atoms with E-state index < -0.39 is 29.9 Å². The van der Waals surface area contributed by atoms with Gasteiger partial charge in [0.05, 0.1) is 18.2 Å². The van der Waals surface area contributed by atoms with Crippen molar-refractivity contribution < 1.29 is 17.6 Å². The zero-order valence-electron chi connectivity index (χ0n) is 10.8. The summed E-state index contributed by atoms with van der Waals surface area (Å²) in [6, 6.07) is 0.435. The quantitative estimate of drug-likeness (QED) is 0.511. The second kappa shape index (κ2) is 6.05. The molecule has 0 spiro atoms. The molecule has 1 aliphatic rings. The molecule has 1 aromatic heterocycles. The molecule has 2 rings (SSSR count). The van der Waals surface area contributed by atoms with Crippen LogP contribution < -0.4 is 11.3 Å². The van der Waals surface area contributed by atoms with E-state index in [9.17, 15) is 17.6 Å². The fraction of sp³-hybridized carbons (Fsp3) is 0.615. The summed E-state index contributed by atoms with van der Waals surface area (Å²) < 4.78 is 52.6. The lowest BCUT2D eigenvalue weighted by atomic mass is 9.73. The third kappa shape index (κ3) is 3.27. The first kappa shape index (κ1) is 15.2. The average Bonchev–Trinajstić information content (AvgIpc) is 2.39. The van der Waals surface area contributed by atoms with Crippen molar-refractivity contribution in [1.82, 2.24) is 10.4 Å². The highest BCUT2D eigenvalue weighted by Gasteiger charge is 2.48. The van der Waals surface area contributed by atoms with E-state index in [1.807, 2.05) is 0 Å². The van der Waals surface area contributed by atoms with Crippen LogP contribution in [-0.4, -0.2) is 11.2 Å². The van der Waals surface area contributed by atoms with E-state index in [2.05, 4.69) is 10.4 Å². The van der Waals surface area contributed by atoms with Crippen molar-refractivity contribution in [3.63, 3.8) is 0 Å². The average molecular weight is 291 g/mol. The predicted molar refractivity (Wildman–Crippen MR) is 65.8 cm³/mol. The van der Waals surface area contributed by atoms with Crippen LogP contribution in [0.3, 0.4) is 0 Å². The Kier molecular flexibility index (Phi) is 4.59. The van der Waals surface area contributed by atoms with Crippen LogP contribution in [0.5, 0.6) is 0 Å². The van der Waals surface area contributed by atoms with Crippen LogP contribution in [0.2, 0.25) is 0 Å². The Hall–Kier alpha value is -1.21. The Bertz CT molecular complexity index is 449. The Labute approximate surface area is 114 Å². The molecule has 0 saturated heterocycles. The molecular formula is C13H17F4N3. The van der Waals surface area contributed by atoms with Gasteiger partial charge in [-0.05, 0) is 30.4 Å². The van der Waals surface area contributed by atoms with Gasteiger partial charge in [0.15, 0.2) is 0 Å². The lowest BCUT2D eigenvalue weighted by Crippen LogP contribution is -2.43. The van der Waals surface area contributed by atoms with Crippen molar-refractivity contribution >= 4 is 0 Å². The van der Waals surface area contributed by atoms with Gasteiger partial charge in [0.1, 0.15) is 5.82 Å². The molecule has 7 heteroatoms. The van der Waals surface area contributed by atoms with Crippen molar-refractivity contribution in [2.45, 2.75) is 37.9 Å². The summed E-state index contributed by atoms with van der Waals surface area (Å²) in [7, 11) is 0. The van der Waals surface area contributed by atoms with Crippen LogP contribution in [-0.2, 0) is 0 Å². The molecule has 0 aliphatic heterocycles. The van der Waals surface area contributed by atoms with Crippen molar-refractivity contribution in [3.05, 3.63) is 29.8 Å². The molecule has 0 bridgehead atoms. The van der Waals surface area contributed by atoms with Gasteiger partial charge in [0, 0.05) is 6.20 Å². The van der Waals surface area contributed by atoms with Crippen LogP contribution in [0.4, 0.5) is 17.6 Å². The maximum absolute atomic E-state index is 13.2. The minimum atomic E-state index is -4.26. The van der Waals surface area contributed by atoms with Crippen LogP contribution in [0.1, 0.15) is 37.3 Å². The second-order valence-electron chi connectivity index (χ2n) is 5.18. The summed E-state index contributed by atoms with van der Waals surface area (Å²) in [5.41, 5.74) is 2.77. The minimum absolute atomic E-state index is 0.0924. The van der Waals surface area contributed by atoms with Crippen LogP contribution in [0.25, 0.3) is 0 Å². The highest BCUT2D eigenvalue weighted by atomic mass is 19.4. The smallest absolute Gasteiger partial charge is 0.271 e. The molecule has 0 radical (unpaired) electrons. The first-order valence-electron chi connectivity index (χ1n) is 6.56. The molecule has 112 valence electrons. The Morgan fingerprint density at radius 3 is 2.55 bits per heavy atom. The number of pyridine rings is 1. The van der Waals surface area contributed by atoms with Gasteiger partial charge in [-0.3, -0.25) is 16.3 Å². The van der Waals surface area contributed by atoms with Gasteiger partial charge >= 0.3 is 6.18 Å². The van der Waals surface area contributed by atoms with E-state index in [1.54, 1.807) is 0 Å². The van der Waals surface area contributed by atoms with Crippen molar-refractivity contribution in [3.8, 4) is 0 Å². The van der Waals surface area contributed by atoms with E-state index in [0.717, 1.165) is 12.6 Å².